The van der Waals surface area contributed by atoms with Crippen LogP contribution >= 0.6 is 11.3 Å². The first-order valence-corrected chi connectivity index (χ1v) is 9.42. The molecule has 1 amide bonds. The van der Waals surface area contributed by atoms with E-state index in [-0.39, 0.29) is 5.76 Å². The van der Waals surface area contributed by atoms with E-state index in [0.29, 0.717) is 44.4 Å². The zero-order chi connectivity index (χ0) is 18.4. The van der Waals surface area contributed by atoms with E-state index in [1.165, 1.54) is 17.6 Å². The lowest BCUT2D eigenvalue weighted by molar-refractivity contribution is -0.119. The number of ether oxygens (including phenoxy) is 4. The average Bonchev–Trinajstić information content (AvgIpc) is 2.99. The number of carbonyl (C=O) groups is 1. The van der Waals surface area contributed by atoms with Gasteiger partial charge in [0.2, 0.25) is 5.76 Å². The molecular weight excluding hydrogens is 356 g/mol. The third kappa shape index (κ3) is 4.25. The second-order valence-electron chi connectivity index (χ2n) is 5.41. The Morgan fingerprint density at radius 3 is 2.92 bits per heavy atom. The van der Waals surface area contributed by atoms with E-state index >= 15 is 0 Å². The van der Waals surface area contributed by atoms with Gasteiger partial charge in [0.05, 0.1) is 23.4 Å². The molecule has 1 aliphatic rings. The molecule has 1 aliphatic heterocycles. The minimum absolute atomic E-state index is 0.125. The van der Waals surface area contributed by atoms with Crippen LogP contribution < -0.4 is 9.54 Å². The van der Waals surface area contributed by atoms with Gasteiger partial charge in [-0.3, -0.25) is 4.79 Å². The van der Waals surface area contributed by atoms with Gasteiger partial charge >= 0.3 is 5.91 Å². The van der Waals surface area contributed by atoms with Crippen molar-refractivity contribution in [1.29, 1.82) is 0 Å². The van der Waals surface area contributed by atoms with Crippen molar-refractivity contribution in [2.45, 2.75) is 20.4 Å². The molecule has 3 rings (SSSR count). The number of carbonyl (C=O) groups excluding carboxylic acids is 1. The summed E-state index contributed by atoms with van der Waals surface area (Å²) in [5.74, 6) is 0.467. The zero-order valence-electron chi connectivity index (χ0n) is 14.9. The number of nitrogens with zero attached hydrogens (tertiary/aromatic N) is 2. The minimum Gasteiger partial charge on any atom is -0.494 e. The van der Waals surface area contributed by atoms with Crippen LogP contribution in [-0.2, 0) is 25.5 Å². The number of hydrogen-bond acceptors (Lipinski definition) is 6. The topological polar surface area (TPSA) is 71.3 Å². The van der Waals surface area contributed by atoms with Gasteiger partial charge in [0.15, 0.2) is 4.80 Å². The predicted molar refractivity (Wildman–Crippen MR) is 98.0 cm³/mol. The van der Waals surface area contributed by atoms with Crippen LogP contribution in [0.1, 0.15) is 13.8 Å². The van der Waals surface area contributed by atoms with Crippen LogP contribution in [0.2, 0.25) is 0 Å². The molecule has 0 N–H and O–H groups in total. The number of hydrogen-bond donors (Lipinski definition) is 0. The van der Waals surface area contributed by atoms with E-state index in [9.17, 15) is 4.79 Å². The van der Waals surface area contributed by atoms with Crippen molar-refractivity contribution in [3.8, 4) is 5.75 Å². The van der Waals surface area contributed by atoms with Gasteiger partial charge in [-0.1, -0.05) is 11.3 Å². The summed E-state index contributed by atoms with van der Waals surface area (Å²) in [5.41, 5.74) is 0.986. The highest BCUT2D eigenvalue weighted by atomic mass is 32.1. The molecule has 2 aromatic rings. The second-order valence-corrected chi connectivity index (χ2v) is 6.42. The molecule has 0 saturated carbocycles. The van der Waals surface area contributed by atoms with Crippen molar-refractivity contribution in [2.24, 2.45) is 4.99 Å². The van der Waals surface area contributed by atoms with Gasteiger partial charge < -0.3 is 23.5 Å². The lowest BCUT2D eigenvalue weighted by atomic mass is 10.3. The van der Waals surface area contributed by atoms with Gasteiger partial charge in [-0.15, -0.1) is 0 Å². The number of rotatable bonds is 7. The minimum atomic E-state index is -0.452. The van der Waals surface area contributed by atoms with Crippen molar-refractivity contribution in [3.05, 3.63) is 35.0 Å². The Morgan fingerprint density at radius 2 is 2.19 bits per heavy atom. The smallest absolute Gasteiger partial charge is 0.317 e. The lowest BCUT2D eigenvalue weighted by Crippen LogP contribution is -2.21. The SMILES string of the molecule is CCOCCn1c(=NC(=O)C2=COCCO2)sc2cc(OCC)ccc21. The molecule has 0 fully saturated rings. The van der Waals surface area contributed by atoms with Crippen LogP contribution in [-0.4, -0.2) is 43.5 Å². The summed E-state index contributed by atoms with van der Waals surface area (Å²) in [4.78, 5) is 17.2. The number of thiazole rings is 1. The summed E-state index contributed by atoms with van der Waals surface area (Å²) in [7, 11) is 0. The third-order valence-corrected chi connectivity index (χ3v) is 4.73. The second kappa shape index (κ2) is 8.86. The molecule has 0 aliphatic carbocycles. The fraction of sp³-hybridized carbons (Fsp3) is 0.444. The van der Waals surface area contributed by atoms with Crippen LogP contribution in [0.4, 0.5) is 0 Å². The van der Waals surface area contributed by atoms with E-state index in [1.807, 2.05) is 36.6 Å². The van der Waals surface area contributed by atoms with Gasteiger partial charge in [0, 0.05) is 13.2 Å². The first kappa shape index (κ1) is 18.5. The summed E-state index contributed by atoms with van der Waals surface area (Å²) >= 11 is 1.43. The average molecular weight is 378 g/mol. The maximum absolute atomic E-state index is 12.4. The summed E-state index contributed by atoms with van der Waals surface area (Å²) in [6.07, 6.45) is 1.32. The van der Waals surface area contributed by atoms with Crippen LogP contribution in [0, 0.1) is 0 Å². The zero-order valence-corrected chi connectivity index (χ0v) is 15.7. The maximum Gasteiger partial charge on any atom is 0.317 e. The van der Waals surface area contributed by atoms with Gasteiger partial charge in [-0.25, -0.2) is 0 Å². The standard InChI is InChI=1S/C18H22N2O5S/c1-3-22-8-7-20-14-6-5-13(24-4-2)11-16(14)26-18(20)19-17(21)15-12-23-9-10-25-15/h5-6,11-12H,3-4,7-10H2,1-2H3. The highest BCUT2D eigenvalue weighted by Crippen LogP contribution is 2.23. The molecule has 0 radical (unpaired) electrons. The number of aromatic nitrogens is 1. The molecule has 0 saturated heterocycles. The van der Waals surface area contributed by atoms with Crippen molar-refractivity contribution < 1.29 is 23.7 Å². The van der Waals surface area contributed by atoms with Crippen LogP contribution in [0.5, 0.6) is 5.75 Å². The van der Waals surface area contributed by atoms with E-state index in [4.69, 9.17) is 18.9 Å². The van der Waals surface area contributed by atoms with Crippen molar-refractivity contribution >= 4 is 27.5 Å². The lowest BCUT2D eigenvalue weighted by Gasteiger charge is -2.12. The van der Waals surface area contributed by atoms with Gasteiger partial charge in [-0.05, 0) is 32.0 Å². The molecule has 1 aromatic heterocycles. The molecule has 140 valence electrons. The quantitative estimate of drug-likeness (QED) is 0.692. The summed E-state index contributed by atoms with van der Waals surface area (Å²) in [6.45, 7) is 7.06. The Bertz CT molecular complexity index is 868. The normalized spacial score (nSPS) is 14.7. The first-order chi connectivity index (χ1) is 12.7. The van der Waals surface area contributed by atoms with Crippen molar-refractivity contribution in [3.63, 3.8) is 0 Å². The van der Waals surface area contributed by atoms with Crippen LogP contribution in [0.25, 0.3) is 10.2 Å². The predicted octanol–water partition coefficient (Wildman–Crippen LogP) is 2.45. The largest absolute Gasteiger partial charge is 0.494 e. The molecule has 26 heavy (non-hydrogen) atoms. The fourth-order valence-corrected chi connectivity index (χ4v) is 3.62. The summed E-state index contributed by atoms with van der Waals surface area (Å²) in [6, 6.07) is 5.86. The van der Waals surface area contributed by atoms with Crippen molar-refractivity contribution in [1.82, 2.24) is 4.57 Å². The summed E-state index contributed by atoms with van der Waals surface area (Å²) in [5, 5.41) is 0. The molecule has 8 heteroatoms. The summed E-state index contributed by atoms with van der Waals surface area (Å²) < 4.78 is 24.5. The molecular formula is C18H22N2O5S. The van der Waals surface area contributed by atoms with Gasteiger partial charge in [0.25, 0.3) is 0 Å². The maximum atomic E-state index is 12.4. The molecule has 0 unspecified atom stereocenters. The fourth-order valence-electron chi connectivity index (χ4n) is 2.53. The first-order valence-electron chi connectivity index (χ1n) is 8.60. The van der Waals surface area contributed by atoms with Gasteiger partial charge in [-0.2, -0.15) is 4.99 Å². The van der Waals surface area contributed by atoms with Crippen LogP contribution in [0.15, 0.2) is 35.2 Å². The van der Waals surface area contributed by atoms with Crippen LogP contribution in [0.3, 0.4) is 0 Å². The highest BCUT2D eigenvalue weighted by Gasteiger charge is 2.16. The van der Waals surface area contributed by atoms with E-state index in [0.717, 1.165) is 16.0 Å². The third-order valence-electron chi connectivity index (χ3n) is 3.69. The Labute approximate surface area is 155 Å². The van der Waals surface area contributed by atoms with E-state index in [1.54, 1.807) is 0 Å². The molecule has 0 atom stereocenters. The monoisotopic (exact) mass is 378 g/mol. The van der Waals surface area contributed by atoms with E-state index in [2.05, 4.69) is 4.99 Å². The molecule has 2 heterocycles. The Kier molecular flexibility index (Phi) is 6.30. The molecule has 0 spiro atoms. The molecule has 1 aromatic carbocycles. The number of fused-ring (bicyclic) bond motifs is 1. The molecule has 0 bridgehead atoms. The van der Waals surface area contributed by atoms with E-state index < -0.39 is 5.91 Å². The number of benzene rings is 1. The Balaban J connectivity index is 2.00. The highest BCUT2D eigenvalue weighted by molar-refractivity contribution is 7.16. The van der Waals surface area contributed by atoms with Crippen molar-refractivity contribution in [2.75, 3.05) is 33.0 Å². The van der Waals surface area contributed by atoms with Gasteiger partial charge in [0.1, 0.15) is 25.2 Å². The Morgan fingerprint density at radius 1 is 1.31 bits per heavy atom. The number of amides is 1. The Hall–Kier alpha value is -2.32. The molecule has 7 nitrogen and oxygen atoms in total.